The fourth-order valence-corrected chi connectivity index (χ4v) is 0. The maximum Gasteiger partial charge on any atom is 0.185 e. The van der Waals surface area contributed by atoms with Crippen molar-refractivity contribution in [1.82, 2.24) is 0 Å². The normalized spacial score (nSPS) is 15.5. The molecule has 25 valence electrons. The van der Waals surface area contributed by atoms with Crippen LogP contribution in [0.25, 0.3) is 0 Å². The van der Waals surface area contributed by atoms with Crippen LogP contribution in [0.1, 0.15) is 0 Å². The minimum absolute atomic E-state index is 1.08. The van der Waals surface area contributed by atoms with Crippen molar-refractivity contribution >= 4 is 11.1 Å². The molecule has 0 fully saturated rings. The Morgan fingerprint density at radius 3 is 1.75 bits per heavy atom. The molecule has 0 N–H and O–H groups in total. The fraction of sp³-hybridized carbons (Fsp3) is 1.00. The standard InChI is InChI=1S/CH3O2S/c1-4(2)3/h1H3. The topological polar surface area (TPSA) is 37.0 Å². The van der Waals surface area contributed by atoms with Crippen LogP contribution < -0.4 is 0 Å². The Labute approximate surface area is 27.1 Å². The molecule has 0 amide bonds. The van der Waals surface area contributed by atoms with Gasteiger partial charge < -0.3 is 0 Å². The highest BCUT2D eigenvalue weighted by molar-refractivity contribution is 7.78. The minimum Gasteiger partial charge on any atom is -0.227 e. The Hall–Kier alpha value is 0.110. The van der Waals surface area contributed by atoms with Gasteiger partial charge in [0.25, 0.3) is 0 Å². The Bertz CT molecular complexity index is 29.0. The lowest BCUT2D eigenvalue weighted by molar-refractivity contribution is 0.478. The molecule has 0 aliphatic heterocycles. The summed E-state index contributed by atoms with van der Waals surface area (Å²) in [5, 5.41) is 0. The van der Waals surface area contributed by atoms with Crippen molar-refractivity contribution in [2.75, 3.05) is 6.26 Å². The Morgan fingerprint density at radius 2 is 1.75 bits per heavy atom. The molecular formula is CH3O2S. The van der Waals surface area contributed by atoms with E-state index in [1.165, 1.54) is 0 Å². The molecule has 0 rings (SSSR count). The second-order valence-electron chi connectivity index (χ2n) is 0.401. The van der Waals surface area contributed by atoms with E-state index in [4.69, 9.17) is 8.76 Å². The first-order valence-electron chi connectivity index (χ1n) is 0.742. The van der Waals surface area contributed by atoms with E-state index in [9.17, 15) is 0 Å². The number of hydrogen-bond donors (Lipinski definition) is 0. The van der Waals surface area contributed by atoms with E-state index in [0.717, 1.165) is 6.26 Å². The molecule has 0 saturated carbocycles. The van der Waals surface area contributed by atoms with Gasteiger partial charge in [0.05, 0.1) is 0 Å². The molecule has 1 atom stereocenters. The van der Waals surface area contributed by atoms with Crippen molar-refractivity contribution in [2.45, 2.75) is 0 Å². The summed E-state index contributed by atoms with van der Waals surface area (Å²) in [4.78, 5) is 0. The average Bonchev–Trinajstić information content (AvgIpc) is 0.811. The van der Waals surface area contributed by atoms with Gasteiger partial charge >= 0.3 is 0 Å². The first-order valence-corrected chi connectivity index (χ1v) is 2.22. The van der Waals surface area contributed by atoms with Crippen LogP contribution in [0.5, 0.6) is 0 Å². The molecule has 1 radical (unpaired) electrons. The van der Waals surface area contributed by atoms with Gasteiger partial charge in [-0.3, -0.25) is 0 Å². The van der Waals surface area contributed by atoms with Gasteiger partial charge in [-0.2, -0.15) is 0 Å². The molecule has 0 aromatic carbocycles. The molecule has 3 heteroatoms. The molecule has 0 saturated heterocycles. The highest BCUT2D eigenvalue weighted by Crippen LogP contribution is 1.49. The Morgan fingerprint density at radius 1 is 1.75 bits per heavy atom. The fourth-order valence-electron chi connectivity index (χ4n) is 0. The molecular weight excluding hydrogens is 76.1 g/mol. The summed E-state index contributed by atoms with van der Waals surface area (Å²) in [6, 6.07) is 0. The van der Waals surface area contributed by atoms with Crippen LogP contribution >= 0.6 is 0 Å². The Balaban J connectivity index is 2.80. The predicted octanol–water partition coefficient (Wildman–Crippen LogP) is -0.290. The van der Waals surface area contributed by atoms with E-state index in [-0.39, 0.29) is 0 Å². The summed E-state index contributed by atoms with van der Waals surface area (Å²) in [5.74, 6) is 0. The molecule has 1 unspecified atom stereocenters. The van der Waals surface area contributed by atoms with Gasteiger partial charge in [-0.05, 0) is 0 Å². The van der Waals surface area contributed by atoms with Crippen molar-refractivity contribution in [3.63, 3.8) is 0 Å². The quantitative estimate of drug-likeness (QED) is 0.393. The molecule has 2 nitrogen and oxygen atoms in total. The lowest BCUT2D eigenvalue weighted by Crippen LogP contribution is -1.68. The third kappa shape index (κ3) is 215. The SMILES string of the molecule is CS([O])=O. The highest BCUT2D eigenvalue weighted by atomic mass is 32.2. The molecule has 0 aromatic rings. The van der Waals surface area contributed by atoms with Crippen molar-refractivity contribution in [3.8, 4) is 0 Å². The van der Waals surface area contributed by atoms with Gasteiger partial charge in [0.1, 0.15) is 0 Å². The van der Waals surface area contributed by atoms with Crippen molar-refractivity contribution in [1.29, 1.82) is 0 Å². The summed E-state index contributed by atoms with van der Waals surface area (Å²) < 4.78 is 18.0. The van der Waals surface area contributed by atoms with E-state index >= 15 is 0 Å². The van der Waals surface area contributed by atoms with E-state index < -0.39 is 11.1 Å². The van der Waals surface area contributed by atoms with E-state index in [2.05, 4.69) is 0 Å². The maximum atomic E-state index is 9.00. The third-order valence-electron chi connectivity index (χ3n) is 0. The van der Waals surface area contributed by atoms with Crippen molar-refractivity contribution in [3.05, 3.63) is 0 Å². The zero-order valence-electron chi connectivity index (χ0n) is 2.22. The van der Waals surface area contributed by atoms with Crippen LogP contribution in [-0.4, -0.2) is 10.5 Å². The van der Waals surface area contributed by atoms with E-state index in [1.807, 2.05) is 0 Å². The van der Waals surface area contributed by atoms with Crippen LogP contribution in [0.15, 0.2) is 0 Å². The lowest BCUT2D eigenvalue weighted by atomic mass is 12.0. The molecule has 0 aliphatic rings. The Kier molecular flexibility index (Phi) is 1.47. The zero-order chi connectivity index (χ0) is 3.58. The molecule has 0 bridgehead atoms. The molecule has 0 heterocycles. The molecule has 0 aromatic heterocycles. The third-order valence-corrected chi connectivity index (χ3v) is 0. The van der Waals surface area contributed by atoms with Gasteiger partial charge in [-0.1, -0.05) is 0 Å². The van der Waals surface area contributed by atoms with E-state index in [1.54, 1.807) is 0 Å². The van der Waals surface area contributed by atoms with Crippen LogP contribution in [-0.2, 0) is 15.6 Å². The molecule has 4 heavy (non-hydrogen) atoms. The first kappa shape index (κ1) is 4.11. The van der Waals surface area contributed by atoms with Gasteiger partial charge in [-0.25, -0.2) is 4.21 Å². The largest absolute Gasteiger partial charge is 0.227 e. The van der Waals surface area contributed by atoms with Gasteiger partial charge in [0.2, 0.25) is 0 Å². The maximum absolute atomic E-state index is 9.00. The molecule has 0 spiro atoms. The smallest absolute Gasteiger partial charge is 0.185 e. The number of rotatable bonds is 0. The van der Waals surface area contributed by atoms with Crippen molar-refractivity contribution < 1.29 is 8.76 Å². The molecule has 0 aliphatic carbocycles. The number of hydrogen-bond acceptors (Lipinski definition) is 1. The summed E-state index contributed by atoms with van der Waals surface area (Å²) in [6.07, 6.45) is 1.08. The van der Waals surface area contributed by atoms with Gasteiger partial charge in [0, 0.05) is 6.26 Å². The van der Waals surface area contributed by atoms with Crippen LogP contribution in [0.4, 0.5) is 0 Å². The average molecular weight is 79.1 g/mol. The summed E-state index contributed by atoms with van der Waals surface area (Å²) in [6.45, 7) is 0. The zero-order valence-corrected chi connectivity index (χ0v) is 3.04. The van der Waals surface area contributed by atoms with Crippen LogP contribution in [0.3, 0.4) is 0 Å². The van der Waals surface area contributed by atoms with Crippen molar-refractivity contribution in [2.24, 2.45) is 0 Å². The minimum atomic E-state index is -1.86. The lowest BCUT2D eigenvalue weighted by Gasteiger charge is -1.53. The predicted molar refractivity (Wildman–Crippen MR) is 14.8 cm³/mol. The van der Waals surface area contributed by atoms with Crippen LogP contribution in [0, 0.1) is 0 Å². The van der Waals surface area contributed by atoms with Crippen LogP contribution in [0.2, 0.25) is 0 Å². The van der Waals surface area contributed by atoms with E-state index in [0.29, 0.717) is 0 Å². The summed E-state index contributed by atoms with van der Waals surface area (Å²) in [7, 11) is 0. The summed E-state index contributed by atoms with van der Waals surface area (Å²) in [5.41, 5.74) is 0. The van der Waals surface area contributed by atoms with Gasteiger partial charge in [-0.15, -0.1) is 4.55 Å². The van der Waals surface area contributed by atoms with Gasteiger partial charge in [0.15, 0.2) is 11.1 Å². The monoisotopic (exact) mass is 79.0 g/mol. The highest BCUT2D eigenvalue weighted by Gasteiger charge is 1.64. The second-order valence-corrected chi connectivity index (χ2v) is 1.20. The second kappa shape index (κ2) is 1.43. The summed E-state index contributed by atoms with van der Waals surface area (Å²) >= 11 is -1.86. The first-order chi connectivity index (χ1) is 1.73.